The minimum absolute atomic E-state index is 0.209. The Morgan fingerprint density at radius 3 is 2.00 bits per heavy atom. The Morgan fingerprint density at radius 1 is 1.09 bits per heavy atom. The van der Waals surface area contributed by atoms with Gasteiger partial charge in [-0.2, -0.15) is 5.26 Å². The fraction of sp³-hybridized carbons (Fsp3) is 0.176. The van der Waals surface area contributed by atoms with E-state index >= 15 is 0 Å². The lowest BCUT2D eigenvalue weighted by Gasteiger charge is -2.27. The van der Waals surface area contributed by atoms with Gasteiger partial charge in [-0.25, -0.2) is 0 Å². The second-order valence-corrected chi connectivity index (χ2v) is 6.07. The van der Waals surface area contributed by atoms with Crippen molar-refractivity contribution in [2.75, 3.05) is 0 Å². The molecule has 0 saturated heterocycles. The van der Waals surface area contributed by atoms with Crippen molar-refractivity contribution in [3.8, 4) is 17.2 Å². The Hall–Kier alpha value is -2.02. The molecule has 1 aliphatic carbocycles. The molecule has 0 radical (unpaired) electrons. The van der Waals surface area contributed by atoms with Crippen LogP contribution < -0.4 is 5.73 Å². The number of nitrogens with zero attached hydrogens (tertiary/aromatic N) is 1. The molecule has 2 aromatic carbocycles. The van der Waals surface area contributed by atoms with Gasteiger partial charge in [0.25, 0.3) is 0 Å². The van der Waals surface area contributed by atoms with E-state index in [1.54, 1.807) is 24.3 Å². The standard InChI is InChI=1S/C17H12Cl2N2O/c18-12-6-1-4-10-14(12)15-11(5-2-7-13(15)19)17(10,16(21)22)8-3-9-20/h1-2,4-7H,3,8H2,(H2,21,22). The van der Waals surface area contributed by atoms with Gasteiger partial charge < -0.3 is 5.73 Å². The Morgan fingerprint density at radius 2 is 1.59 bits per heavy atom. The summed E-state index contributed by atoms with van der Waals surface area (Å²) >= 11 is 12.7. The van der Waals surface area contributed by atoms with Gasteiger partial charge in [0.1, 0.15) is 5.41 Å². The molecule has 2 N–H and O–H groups in total. The summed E-state index contributed by atoms with van der Waals surface area (Å²) < 4.78 is 0. The predicted molar refractivity (Wildman–Crippen MR) is 86.7 cm³/mol. The van der Waals surface area contributed by atoms with Crippen LogP contribution in [0.3, 0.4) is 0 Å². The number of hydrogen-bond donors (Lipinski definition) is 1. The summed E-state index contributed by atoms with van der Waals surface area (Å²) in [6.07, 6.45) is 0.514. The summed E-state index contributed by atoms with van der Waals surface area (Å²) in [5, 5.41) is 10.0. The molecule has 0 aromatic heterocycles. The third-order valence-electron chi connectivity index (χ3n) is 4.23. The Bertz CT molecular complexity index is 772. The summed E-state index contributed by atoms with van der Waals surface area (Å²) in [7, 11) is 0. The van der Waals surface area contributed by atoms with Crippen LogP contribution in [0.4, 0.5) is 0 Å². The normalized spacial score (nSPS) is 14.0. The summed E-state index contributed by atoms with van der Waals surface area (Å²) in [5.41, 5.74) is 7.64. The first-order valence-electron chi connectivity index (χ1n) is 6.79. The first-order valence-corrected chi connectivity index (χ1v) is 7.55. The molecule has 0 atom stereocenters. The second-order valence-electron chi connectivity index (χ2n) is 5.25. The summed E-state index contributed by atoms with van der Waals surface area (Å²) in [4.78, 5) is 12.4. The van der Waals surface area contributed by atoms with E-state index in [4.69, 9.17) is 34.2 Å². The van der Waals surface area contributed by atoms with Crippen LogP contribution in [0.1, 0.15) is 24.0 Å². The quantitative estimate of drug-likeness (QED) is 0.922. The zero-order valence-corrected chi connectivity index (χ0v) is 13.1. The lowest BCUT2D eigenvalue weighted by Crippen LogP contribution is -2.40. The number of carbonyl (C=O) groups is 1. The highest BCUT2D eigenvalue weighted by Crippen LogP contribution is 2.55. The van der Waals surface area contributed by atoms with Crippen LogP contribution in [0.2, 0.25) is 10.0 Å². The van der Waals surface area contributed by atoms with Crippen LogP contribution in [-0.2, 0) is 10.2 Å². The van der Waals surface area contributed by atoms with Crippen molar-refractivity contribution in [1.82, 2.24) is 0 Å². The van der Waals surface area contributed by atoms with Gasteiger partial charge in [-0.3, -0.25) is 4.79 Å². The fourth-order valence-corrected chi connectivity index (χ4v) is 3.85. The van der Waals surface area contributed by atoms with Gasteiger partial charge in [0.05, 0.1) is 6.07 Å². The molecule has 0 unspecified atom stereocenters. The monoisotopic (exact) mass is 330 g/mol. The molecular weight excluding hydrogens is 319 g/mol. The minimum atomic E-state index is -1.06. The summed E-state index contributed by atoms with van der Waals surface area (Å²) in [6.45, 7) is 0. The van der Waals surface area contributed by atoms with Crippen LogP contribution in [0.5, 0.6) is 0 Å². The van der Waals surface area contributed by atoms with E-state index in [2.05, 4.69) is 6.07 Å². The Balaban J connectivity index is 2.43. The molecule has 0 fully saturated rings. The molecule has 0 bridgehead atoms. The van der Waals surface area contributed by atoms with E-state index in [0.717, 1.165) is 22.3 Å². The molecule has 0 heterocycles. The molecule has 22 heavy (non-hydrogen) atoms. The van der Waals surface area contributed by atoms with Gasteiger partial charge in [-0.05, 0) is 29.7 Å². The highest BCUT2D eigenvalue weighted by atomic mass is 35.5. The number of fused-ring (bicyclic) bond motifs is 3. The summed E-state index contributed by atoms with van der Waals surface area (Å²) in [6, 6.07) is 12.8. The van der Waals surface area contributed by atoms with E-state index in [-0.39, 0.29) is 6.42 Å². The Labute approximate surface area is 138 Å². The smallest absolute Gasteiger partial charge is 0.232 e. The van der Waals surface area contributed by atoms with Crippen LogP contribution in [0.15, 0.2) is 36.4 Å². The van der Waals surface area contributed by atoms with Gasteiger partial charge >= 0.3 is 0 Å². The van der Waals surface area contributed by atoms with E-state index in [9.17, 15) is 4.79 Å². The largest absolute Gasteiger partial charge is 0.369 e. The van der Waals surface area contributed by atoms with Gasteiger partial charge in [-0.1, -0.05) is 47.5 Å². The summed E-state index contributed by atoms with van der Waals surface area (Å²) in [5.74, 6) is -0.493. The fourth-order valence-electron chi connectivity index (χ4n) is 3.31. The predicted octanol–water partition coefficient (Wildman–Crippen LogP) is 4.05. The number of rotatable bonds is 3. The zero-order chi connectivity index (χ0) is 15.9. The molecule has 3 rings (SSSR count). The molecule has 1 amide bonds. The number of amides is 1. The van der Waals surface area contributed by atoms with E-state index in [0.29, 0.717) is 16.5 Å². The maximum atomic E-state index is 12.4. The lowest BCUT2D eigenvalue weighted by molar-refractivity contribution is -0.122. The molecule has 2 aromatic rings. The van der Waals surface area contributed by atoms with Crippen LogP contribution in [0.25, 0.3) is 11.1 Å². The zero-order valence-electron chi connectivity index (χ0n) is 11.6. The van der Waals surface area contributed by atoms with E-state index < -0.39 is 11.3 Å². The molecule has 5 heteroatoms. The first-order chi connectivity index (χ1) is 10.5. The van der Waals surface area contributed by atoms with Gasteiger partial charge in [0.15, 0.2) is 0 Å². The van der Waals surface area contributed by atoms with Gasteiger partial charge in [0, 0.05) is 27.6 Å². The molecular formula is C17H12Cl2N2O. The van der Waals surface area contributed by atoms with Crippen LogP contribution >= 0.6 is 23.2 Å². The van der Waals surface area contributed by atoms with Crippen molar-refractivity contribution in [2.24, 2.45) is 5.73 Å². The van der Waals surface area contributed by atoms with Gasteiger partial charge in [-0.15, -0.1) is 0 Å². The molecule has 0 saturated carbocycles. The number of halogens is 2. The molecule has 3 nitrogen and oxygen atoms in total. The van der Waals surface area contributed by atoms with Crippen molar-refractivity contribution in [3.63, 3.8) is 0 Å². The van der Waals surface area contributed by atoms with Gasteiger partial charge in [0.2, 0.25) is 5.91 Å². The minimum Gasteiger partial charge on any atom is -0.369 e. The maximum absolute atomic E-state index is 12.4. The number of nitriles is 1. The van der Waals surface area contributed by atoms with E-state index in [1.165, 1.54) is 0 Å². The third kappa shape index (κ3) is 1.85. The number of hydrogen-bond acceptors (Lipinski definition) is 2. The molecule has 0 aliphatic heterocycles. The molecule has 0 spiro atoms. The lowest BCUT2D eigenvalue weighted by atomic mass is 9.74. The third-order valence-corrected chi connectivity index (χ3v) is 4.86. The van der Waals surface area contributed by atoms with Crippen molar-refractivity contribution in [1.29, 1.82) is 5.26 Å². The maximum Gasteiger partial charge on any atom is 0.232 e. The van der Waals surface area contributed by atoms with Crippen molar-refractivity contribution in [2.45, 2.75) is 18.3 Å². The average Bonchev–Trinajstić information content (AvgIpc) is 2.79. The van der Waals surface area contributed by atoms with E-state index in [1.807, 2.05) is 12.1 Å². The SMILES string of the molecule is N#CCCC1(C(N)=O)c2cccc(Cl)c2-c2c(Cl)cccc21. The number of nitrogens with two attached hydrogens (primary N) is 1. The highest BCUT2D eigenvalue weighted by Gasteiger charge is 2.48. The first kappa shape index (κ1) is 14.9. The van der Waals surface area contributed by atoms with Crippen molar-refractivity contribution >= 4 is 29.1 Å². The van der Waals surface area contributed by atoms with Crippen LogP contribution in [-0.4, -0.2) is 5.91 Å². The van der Waals surface area contributed by atoms with Crippen LogP contribution in [0, 0.1) is 11.3 Å². The number of carbonyl (C=O) groups excluding carboxylic acids is 1. The Kier molecular flexibility index (Phi) is 3.60. The average molecular weight is 331 g/mol. The molecule has 1 aliphatic rings. The number of benzene rings is 2. The number of primary amides is 1. The topological polar surface area (TPSA) is 66.9 Å². The molecule has 110 valence electrons. The van der Waals surface area contributed by atoms with Crippen molar-refractivity contribution < 1.29 is 4.79 Å². The highest BCUT2D eigenvalue weighted by molar-refractivity contribution is 6.37. The second kappa shape index (κ2) is 5.31. The van der Waals surface area contributed by atoms with Crippen molar-refractivity contribution in [3.05, 3.63) is 57.6 Å².